The van der Waals surface area contributed by atoms with Crippen LogP contribution in [0.2, 0.25) is 0 Å². The molecule has 1 heterocycles. The molecule has 0 unspecified atom stereocenters. The monoisotopic (exact) mass is 197 g/mol. The summed E-state index contributed by atoms with van der Waals surface area (Å²) in [5.41, 5.74) is 0.574. The molecule has 1 fully saturated rings. The van der Waals surface area contributed by atoms with Gasteiger partial charge in [-0.05, 0) is 25.8 Å². The third kappa shape index (κ3) is 3.61. The van der Waals surface area contributed by atoms with E-state index in [1.807, 2.05) is 0 Å². The Labute approximate surface area is 89.7 Å². The van der Waals surface area contributed by atoms with E-state index in [2.05, 4.69) is 19.2 Å². The quantitative estimate of drug-likeness (QED) is 0.582. The van der Waals surface area contributed by atoms with Gasteiger partial charge in [-0.15, -0.1) is 0 Å². The van der Waals surface area contributed by atoms with E-state index in [0.29, 0.717) is 5.54 Å². The van der Waals surface area contributed by atoms with Gasteiger partial charge in [0.25, 0.3) is 0 Å². The number of hydrogen-bond donors (Lipinski definition) is 1. The maximum Gasteiger partial charge on any atom is 0.0193 e. The summed E-state index contributed by atoms with van der Waals surface area (Å²) in [6, 6.07) is 0. The Bertz CT molecular complexity index is 126. The molecule has 0 atom stereocenters. The summed E-state index contributed by atoms with van der Waals surface area (Å²) in [5, 5.41) is 3.68. The molecule has 0 spiro atoms. The minimum atomic E-state index is 0.574. The Morgan fingerprint density at radius 2 is 1.43 bits per heavy atom. The van der Waals surface area contributed by atoms with Gasteiger partial charge >= 0.3 is 0 Å². The fraction of sp³-hybridized carbons (Fsp3) is 1.00. The smallest absolute Gasteiger partial charge is 0.0193 e. The zero-order valence-corrected chi connectivity index (χ0v) is 10.1. The average molecular weight is 197 g/mol. The first kappa shape index (κ1) is 12.0. The van der Waals surface area contributed by atoms with Crippen molar-refractivity contribution in [2.45, 2.75) is 77.2 Å². The van der Waals surface area contributed by atoms with Crippen LogP contribution in [0.15, 0.2) is 0 Å². The molecule has 0 aromatic rings. The molecule has 0 aliphatic carbocycles. The molecular formula is C13H27N. The second-order valence-electron chi connectivity index (χ2n) is 4.87. The summed E-state index contributed by atoms with van der Waals surface area (Å²) in [6.07, 6.45) is 12.7. The van der Waals surface area contributed by atoms with Gasteiger partial charge in [0.1, 0.15) is 0 Å². The minimum Gasteiger partial charge on any atom is -0.311 e. The summed E-state index contributed by atoms with van der Waals surface area (Å²) in [6.45, 7) is 5.84. The van der Waals surface area contributed by atoms with Crippen LogP contribution < -0.4 is 5.32 Å². The molecule has 1 saturated heterocycles. The Morgan fingerprint density at radius 1 is 0.929 bits per heavy atom. The maximum absolute atomic E-state index is 3.68. The SMILES string of the molecule is CCCCCC1(CCCCC)CCN1. The van der Waals surface area contributed by atoms with Crippen molar-refractivity contribution in [3.05, 3.63) is 0 Å². The van der Waals surface area contributed by atoms with Crippen LogP contribution in [0.4, 0.5) is 0 Å². The Kier molecular flexibility index (Phi) is 5.54. The van der Waals surface area contributed by atoms with Crippen LogP contribution in [0, 0.1) is 0 Å². The Hall–Kier alpha value is -0.0400. The van der Waals surface area contributed by atoms with Crippen LogP contribution in [0.3, 0.4) is 0 Å². The summed E-state index contributed by atoms with van der Waals surface area (Å²) < 4.78 is 0. The average Bonchev–Trinajstić information content (AvgIpc) is 2.13. The first-order valence-corrected chi connectivity index (χ1v) is 6.58. The minimum absolute atomic E-state index is 0.574. The second kappa shape index (κ2) is 6.44. The fourth-order valence-corrected chi connectivity index (χ4v) is 2.46. The highest BCUT2D eigenvalue weighted by molar-refractivity contribution is 4.95. The van der Waals surface area contributed by atoms with Crippen LogP contribution in [0.25, 0.3) is 0 Å². The third-order valence-electron chi connectivity index (χ3n) is 3.62. The third-order valence-corrected chi connectivity index (χ3v) is 3.62. The number of nitrogens with one attached hydrogen (secondary N) is 1. The molecule has 0 amide bonds. The Balaban J connectivity index is 2.13. The largest absolute Gasteiger partial charge is 0.311 e. The molecule has 1 rings (SSSR count). The van der Waals surface area contributed by atoms with Gasteiger partial charge in [0.05, 0.1) is 0 Å². The van der Waals surface area contributed by atoms with E-state index in [9.17, 15) is 0 Å². The maximum atomic E-state index is 3.68. The van der Waals surface area contributed by atoms with Gasteiger partial charge in [0.2, 0.25) is 0 Å². The van der Waals surface area contributed by atoms with Gasteiger partial charge in [-0.3, -0.25) is 0 Å². The lowest BCUT2D eigenvalue weighted by Crippen LogP contribution is -2.56. The van der Waals surface area contributed by atoms with Crippen LogP contribution in [-0.4, -0.2) is 12.1 Å². The molecular weight excluding hydrogens is 170 g/mol. The second-order valence-corrected chi connectivity index (χ2v) is 4.87. The van der Waals surface area contributed by atoms with E-state index in [4.69, 9.17) is 0 Å². The molecule has 0 saturated carbocycles. The van der Waals surface area contributed by atoms with Gasteiger partial charge in [-0.1, -0.05) is 52.4 Å². The zero-order valence-electron chi connectivity index (χ0n) is 10.1. The van der Waals surface area contributed by atoms with E-state index < -0.39 is 0 Å². The first-order valence-electron chi connectivity index (χ1n) is 6.58. The normalized spacial score (nSPS) is 19.3. The molecule has 1 aliphatic heterocycles. The summed E-state index contributed by atoms with van der Waals surface area (Å²) in [5.74, 6) is 0. The molecule has 0 aromatic carbocycles. The van der Waals surface area contributed by atoms with Crippen molar-refractivity contribution in [3.63, 3.8) is 0 Å². The van der Waals surface area contributed by atoms with Crippen molar-refractivity contribution in [2.75, 3.05) is 6.54 Å². The molecule has 0 bridgehead atoms. The van der Waals surface area contributed by atoms with Crippen LogP contribution in [0.5, 0.6) is 0 Å². The lowest BCUT2D eigenvalue weighted by atomic mass is 9.78. The van der Waals surface area contributed by atoms with Crippen molar-refractivity contribution in [1.82, 2.24) is 5.32 Å². The van der Waals surface area contributed by atoms with Crippen LogP contribution in [-0.2, 0) is 0 Å². The Morgan fingerprint density at radius 3 is 1.71 bits per heavy atom. The van der Waals surface area contributed by atoms with E-state index in [1.165, 1.54) is 64.3 Å². The molecule has 0 aromatic heterocycles. The molecule has 0 radical (unpaired) electrons. The van der Waals surface area contributed by atoms with E-state index >= 15 is 0 Å². The van der Waals surface area contributed by atoms with Gasteiger partial charge in [0, 0.05) is 5.54 Å². The number of hydrogen-bond acceptors (Lipinski definition) is 1. The summed E-state index contributed by atoms with van der Waals surface area (Å²) >= 11 is 0. The number of rotatable bonds is 8. The molecule has 1 N–H and O–H groups in total. The van der Waals surface area contributed by atoms with Gasteiger partial charge in [-0.25, -0.2) is 0 Å². The van der Waals surface area contributed by atoms with Crippen molar-refractivity contribution < 1.29 is 0 Å². The van der Waals surface area contributed by atoms with Gasteiger partial charge < -0.3 is 5.32 Å². The lowest BCUT2D eigenvalue weighted by Gasteiger charge is -2.44. The van der Waals surface area contributed by atoms with Crippen LogP contribution in [0.1, 0.15) is 71.6 Å². The topological polar surface area (TPSA) is 12.0 Å². The predicted octanol–water partition coefficient (Wildman–Crippen LogP) is 3.88. The molecule has 1 nitrogen and oxygen atoms in total. The van der Waals surface area contributed by atoms with E-state index in [-0.39, 0.29) is 0 Å². The van der Waals surface area contributed by atoms with E-state index in [0.717, 1.165) is 0 Å². The highest BCUT2D eigenvalue weighted by Gasteiger charge is 2.34. The summed E-state index contributed by atoms with van der Waals surface area (Å²) in [7, 11) is 0. The highest BCUT2D eigenvalue weighted by Crippen LogP contribution is 2.31. The van der Waals surface area contributed by atoms with Crippen molar-refractivity contribution >= 4 is 0 Å². The van der Waals surface area contributed by atoms with Gasteiger partial charge in [-0.2, -0.15) is 0 Å². The summed E-state index contributed by atoms with van der Waals surface area (Å²) in [4.78, 5) is 0. The molecule has 14 heavy (non-hydrogen) atoms. The molecule has 84 valence electrons. The van der Waals surface area contributed by atoms with Gasteiger partial charge in [0.15, 0.2) is 0 Å². The van der Waals surface area contributed by atoms with E-state index in [1.54, 1.807) is 0 Å². The standard InChI is InChI=1S/C13H27N/c1-3-5-7-9-13(11-12-14-13)10-8-6-4-2/h14H,3-12H2,1-2H3. The highest BCUT2D eigenvalue weighted by atomic mass is 15.0. The zero-order chi connectivity index (χ0) is 10.3. The number of unbranched alkanes of at least 4 members (excludes halogenated alkanes) is 4. The van der Waals surface area contributed by atoms with Crippen molar-refractivity contribution in [1.29, 1.82) is 0 Å². The molecule has 1 aliphatic rings. The fourth-order valence-electron chi connectivity index (χ4n) is 2.46. The van der Waals surface area contributed by atoms with Crippen LogP contribution >= 0.6 is 0 Å². The first-order chi connectivity index (χ1) is 6.83. The lowest BCUT2D eigenvalue weighted by molar-refractivity contribution is 0.167. The molecule has 1 heteroatoms. The van der Waals surface area contributed by atoms with Crippen molar-refractivity contribution in [3.8, 4) is 0 Å². The van der Waals surface area contributed by atoms with Crippen molar-refractivity contribution in [2.24, 2.45) is 0 Å². The predicted molar refractivity (Wildman–Crippen MR) is 63.6 cm³/mol.